The van der Waals surface area contributed by atoms with Crippen LogP contribution in [0.5, 0.6) is 0 Å². The number of esters is 1. The van der Waals surface area contributed by atoms with Crippen molar-refractivity contribution in [3.05, 3.63) is 29.6 Å². The molecule has 1 atom stereocenters. The van der Waals surface area contributed by atoms with Crippen molar-refractivity contribution in [1.82, 2.24) is 30.2 Å². The molecule has 0 saturated heterocycles. The smallest absolute Gasteiger partial charge is 0.323 e. The Labute approximate surface area is 206 Å². The van der Waals surface area contributed by atoms with E-state index in [4.69, 9.17) is 9.72 Å². The number of unbranched alkanes of at least 4 members (excludes halogenated alkanes) is 1. The number of anilines is 1. The number of hydrogen-bond acceptors (Lipinski definition) is 8. The number of nitrogens with zero attached hydrogens (tertiary/aromatic N) is 4. The van der Waals surface area contributed by atoms with Gasteiger partial charge in [-0.05, 0) is 86.1 Å². The van der Waals surface area contributed by atoms with E-state index in [-0.39, 0.29) is 24.0 Å². The van der Waals surface area contributed by atoms with Crippen molar-refractivity contribution in [2.24, 2.45) is 0 Å². The molecule has 0 saturated carbocycles. The summed E-state index contributed by atoms with van der Waals surface area (Å²) in [6, 6.07) is 5.15. The maximum atomic E-state index is 12.5. The van der Waals surface area contributed by atoms with Gasteiger partial charge < -0.3 is 20.7 Å². The number of carbonyl (C=O) groups excluding carboxylic acids is 2. The number of nitrogens with one attached hydrogen (secondary N) is 3. The van der Waals surface area contributed by atoms with Crippen LogP contribution >= 0.6 is 0 Å². The van der Waals surface area contributed by atoms with Crippen LogP contribution in [-0.2, 0) is 9.53 Å². The molecule has 1 aromatic carbocycles. The lowest BCUT2D eigenvalue weighted by atomic mass is 10.1. The van der Waals surface area contributed by atoms with Crippen LogP contribution in [0, 0.1) is 6.92 Å². The number of rotatable bonds is 10. The van der Waals surface area contributed by atoms with E-state index in [1.54, 1.807) is 6.07 Å². The van der Waals surface area contributed by atoms with E-state index in [2.05, 4.69) is 26.1 Å². The SMILES string of the molecule is Cc1nnc2c(NCCCCN[C@H](C)C(=O)OC(C)(C)C)nc3ccc(C(=O)NC(C)C)cc3n12. The fourth-order valence-corrected chi connectivity index (χ4v) is 3.63. The monoisotopic (exact) mass is 483 g/mol. The molecule has 0 unspecified atom stereocenters. The molecule has 0 bridgehead atoms. The maximum absolute atomic E-state index is 12.5. The molecule has 190 valence electrons. The molecule has 0 spiro atoms. The number of amides is 1. The fourth-order valence-electron chi connectivity index (χ4n) is 3.63. The Balaban J connectivity index is 1.63. The second kappa shape index (κ2) is 11.0. The average Bonchev–Trinajstić information content (AvgIpc) is 3.16. The average molecular weight is 484 g/mol. The highest BCUT2D eigenvalue weighted by Crippen LogP contribution is 2.23. The van der Waals surface area contributed by atoms with Crippen molar-refractivity contribution in [3.63, 3.8) is 0 Å². The van der Waals surface area contributed by atoms with Crippen LogP contribution in [0.1, 0.15) is 70.6 Å². The van der Waals surface area contributed by atoms with Gasteiger partial charge in [-0.15, -0.1) is 10.2 Å². The van der Waals surface area contributed by atoms with Gasteiger partial charge in [0.25, 0.3) is 5.91 Å². The van der Waals surface area contributed by atoms with E-state index >= 15 is 0 Å². The summed E-state index contributed by atoms with van der Waals surface area (Å²) in [6.07, 6.45) is 1.76. The molecule has 0 fully saturated rings. The first-order valence-electron chi connectivity index (χ1n) is 12.1. The minimum atomic E-state index is -0.489. The third kappa shape index (κ3) is 6.88. The zero-order valence-corrected chi connectivity index (χ0v) is 21.7. The molecule has 0 aliphatic carbocycles. The Hall–Kier alpha value is -3.27. The molecular formula is C25H37N7O3. The number of fused-ring (bicyclic) bond motifs is 3. The molecule has 3 N–H and O–H groups in total. The van der Waals surface area contributed by atoms with Crippen molar-refractivity contribution in [3.8, 4) is 0 Å². The highest BCUT2D eigenvalue weighted by atomic mass is 16.6. The summed E-state index contributed by atoms with van der Waals surface area (Å²) in [6.45, 7) is 14.5. The molecule has 2 aromatic heterocycles. The van der Waals surface area contributed by atoms with E-state index in [1.165, 1.54) is 0 Å². The van der Waals surface area contributed by atoms with Gasteiger partial charge in [-0.3, -0.25) is 14.0 Å². The van der Waals surface area contributed by atoms with E-state index in [0.29, 0.717) is 30.1 Å². The van der Waals surface area contributed by atoms with Gasteiger partial charge in [0.15, 0.2) is 5.82 Å². The first-order chi connectivity index (χ1) is 16.5. The Kier molecular flexibility index (Phi) is 8.26. The Morgan fingerprint density at radius 2 is 1.80 bits per heavy atom. The molecule has 35 heavy (non-hydrogen) atoms. The number of aromatic nitrogens is 4. The number of hydrogen-bond donors (Lipinski definition) is 3. The van der Waals surface area contributed by atoms with Crippen molar-refractivity contribution < 1.29 is 14.3 Å². The highest BCUT2D eigenvalue weighted by molar-refractivity contribution is 5.98. The number of ether oxygens (including phenoxy) is 1. The lowest BCUT2D eigenvalue weighted by molar-refractivity contribution is -0.156. The molecule has 0 radical (unpaired) electrons. The topological polar surface area (TPSA) is 123 Å². The van der Waals surface area contributed by atoms with Crippen LogP contribution in [0.25, 0.3) is 16.7 Å². The van der Waals surface area contributed by atoms with Gasteiger partial charge in [0.05, 0.1) is 11.0 Å². The normalized spacial score (nSPS) is 12.8. The van der Waals surface area contributed by atoms with Crippen LogP contribution in [0.3, 0.4) is 0 Å². The first kappa shape index (κ1) is 26.3. The van der Waals surface area contributed by atoms with Crippen molar-refractivity contribution >= 4 is 34.4 Å². The summed E-state index contributed by atoms with van der Waals surface area (Å²) in [5, 5.41) is 18.0. The maximum Gasteiger partial charge on any atom is 0.323 e. The summed E-state index contributed by atoms with van der Waals surface area (Å²) < 4.78 is 7.31. The first-order valence-corrected chi connectivity index (χ1v) is 12.1. The van der Waals surface area contributed by atoms with Gasteiger partial charge in [0.1, 0.15) is 17.5 Å². The summed E-state index contributed by atoms with van der Waals surface area (Å²) in [5.41, 5.74) is 2.23. The van der Waals surface area contributed by atoms with Crippen molar-refractivity contribution in [2.45, 2.75) is 79.0 Å². The van der Waals surface area contributed by atoms with Gasteiger partial charge in [0, 0.05) is 18.2 Å². The Morgan fingerprint density at radius 1 is 1.09 bits per heavy atom. The van der Waals surface area contributed by atoms with Crippen LogP contribution in [-0.4, -0.2) is 62.2 Å². The molecule has 0 aliphatic rings. The standard InChI is InChI=1S/C25H37N7O3/c1-15(2)28-23(33)18-10-11-19-20(14-18)32-17(4)30-31-22(32)21(29-19)27-13-9-8-12-26-16(3)24(34)35-25(5,6)7/h10-11,14-16,26H,8-9,12-13H2,1-7H3,(H,27,29)(H,28,33)/t16-/m1/s1. The van der Waals surface area contributed by atoms with Gasteiger partial charge in [0.2, 0.25) is 5.65 Å². The van der Waals surface area contributed by atoms with E-state index in [9.17, 15) is 9.59 Å². The zero-order valence-electron chi connectivity index (χ0n) is 21.7. The van der Waals surface area contributed by atoms with Gasteiger partial charge >= 0.3 is 5.97 Å². The second-order valence-corrected chi connectivity index (χ2v) is 10.0. The van der Waals surface area contributed by atoms with E-state index in [1.807, 2.05) is 65.0 Å². The van der Waals surface area contributed by atoms with Crippen molar-refractivity contribution in [2.75, 3.05) is 18.4 Å². The molecule has 2 heterocycles. The van der Waals surface area contributed by atoms with E-state index in [0.717, 1.165) is 29.7 Å². The second-order valence-electron chi connectivity index (χ2n) is 10.0. The molecule has 3 rings (SSSR count). The number of aryl methyl sites for hydroxylation is 1. The number of carbonyl (C=O) groups is 2. The Bertz CT molecular complexity index is 1200. The lowest BCUT2D eigenvalue weighted by Gasteiger charge is -2.22. The van der Waals surface area contributed by atoms with Crippen LogP contribution in [0.15, 0.2) is 18.2 Å². The fraction of sp³-hybridized carbons (Fsp3) is 0.560. The molecule has 3 aromatic rings. The predicted molar refractivity (Wildman–Crippen MR) is 137 cm³/mol. The predicted octanol–water partition coefficient (Wildman–Crippen LogP) is 3.24. The Morgan fingerprint density at radius 3 is 2.49 bits per heavy atom. The third-order valence-corrected chi connectivity index (χ3v) is 5.27. The minimum absolute atomic E-state index is 0.0512. The summed E-state index contributed by atoms with van der Waals surface area (Å²) in [4.78, 5) is 29.3. The number of benzene rings is 1. The summed E-state index contributed by atoms with van der Waals surface area (Å²) in [7, 11) is 0. The van der Waals surface area contributed by atoms with Gasteiger partial charge in [-0.2, -0.15) is 0 Å². The molecule has 10 nitrogen and oxygen atoms in total. The quantitative estimate of drug-likeness (QED) is 0.297. The molecule has 1 amide bonds. The molecule has 0 aliphatic heterocycles. The van der Waals surface area contributed by atoms with Crippen molar-refractivity contribution in [1.29, 1.82) is 0 Å². The van der Waals surface area contributed by atoms with Gasteiger partial charge in [-0.1, -0.05) is 0 Å². The lowest BCUT2D eigenvalue weighted by Crippen LogP contribution is -2.39. The zero-order chi connectivity index (χ0) is 25.8. The van der Waals surface area contributed by atoms with Gasteiger partial charge in [-0.25, -0.2) is 4.98 Å². The molecule has 10 heteroatoms. The van der Waals surface area contributed by atoms with Crippen LogP contribution in [0.2, 0.25) is 0 Å². The minimum Gasteiger partial charge on any atom is -0.459 e. The van der Waals surface area contributed by atoms with Crippen LogP contribution in [0.4, 0.5) is 5.82 Å². The van der Waals surface area contributed by atoms with E-state index < -0.39 is 5.60 Å². The summed E-state index contributed by atoms with van der Waals surface area (Å²) >= 11 is 0. The summed E-state index contributed by atoms with van der Waals surface area (Å²) in [5.74, 6) is 0.993. The largest absolute Gasteiger partial charge is 0.459 e. The molecular weight excluding hydrogens is 446 g/mol. The van der Waals surface area contributed by atoms with Crippen LogP contribution < -0.4 is 16.0 Å². The highest BCUT2D eigenvalue weighted by Gasteiger charge is 2.21. The third-order valence-electron chi connectivity index (χ3n) is 5.27.